The lowest BCUT2D eigenvalue weighted by molar-refractivity contribution is 0.309. The third-order valence-electron chi connectivity index (χ3n) is 3.43. The van der Waals surface area contributed by atoms with E-state index in [1.165, 1.54) is 24.3 Å². The highest BCUT2D eigenvalue weighted by Gasteiger charge is 2.29. The smallest absolute Gasteiger partial charge is 0.0416 e. The van der Waals surface area contributed by atoms with Gasteiger partial charge in [0, 0.05) is 24.5 Å². The molecule has 15 heavy (non-hydrogen) atoms. The molecule has 0 bridgehead atoms. The highest BCUT2D eigenvalue weighted by molar-refractivity contribution is 5.62. The Balaban J connectivity index is 2.09. The maximum atomic E-state index is 5.81. The summed E-state index contributed by atoms with van der Waals surface area (Å²) >= 11 is 0. The molecule has 2 rings (SSSR count). The van der Waals surface area contributed by atoms with E-state index in [4.69, 9.17) is 5.73 Å². The fourth-order valence-electron chi connectivity index (χ4n) is 2.10. The van der Waals surface area contributed by atoms with Crippen molar-refractivity contribution in [2.24, 2.45) is 11.8 Å². The minimum atomic E-state index is 0.794. The summed E-state index contributed by atoms with van der Waals surface area (Å²) < 4.78 is 0. The summed E-state index contributed by atoms with van der Waals surface area (Å²) in [5.41, 5.74) is 9.31. The van der Waals surface area contributed by atoms with Crippen LogP contribution in [0.5, 0.6) is 0 Å². The van der Waals surface area contributed by atoms with Crippen molar-refractivity contribution < 1.29 is 0 Å². The third-order valence-corrected chi connectivity index (χ3v) is 3.43. The topological polar surface area (TPSA) is 29.3 Å². The van der Waals surface area contributed by atoms with Gasteiger partial charge in [0.05, 0.1) is 0 Å². The van der Waals surface area contributed by atoms with Crippen LogP contribution in [-0.2, 0) is 0 Å². The van der Waals surface area contributed by atoms with Crippen molar-refractivity contribution in [2.75, 3.05) is 23.7 Å². The van der Waals surface area contributed by atoms with E-state index in [-0.39, 0.29) is 0 Å². The van der Waals surface area contributed by atoms with Gasteiger partial charge in [-0.05, 0) is 36.5 Å². The number of hydrogen-bond donors (Lipinski definition) is 1. The Morgan fingerprint density at radius 3 is 2.60 bits per heavy atom. The number of benzene rings is 1. The molecule has 2 nitrogen and oxygen atoms in total. The van der Waals surface area contributed by atoms with E-state index < -0.39 is 0 Å². The summed E-state index contributed by atoms with van der Waals surface area (Å²) in [6, 6.07) is 6.16. The van der Waals surface area contributed by atoms with Gasteiger partial charge in [-0.1, -0.05) is 19.9 Å². The molecule has 1 aromatic carbocycles. The molecule has 1 fully saturated rings. The molecule has 82 valence electrons. The summed E-state index contributed by atoms with van der Waals surface area (Å²) in [5, 5.41) is 0. The van der Waals surface area contributed by atoms with E-state index >= 15 is 0 Å². The molecule has 0 unspecified atom stereocenters. The van der Waals surface area contributed by atoms with E-state index in [9.17, 15) is 0 Å². The lowest BCUT2D eigenvalue weighted by Gasteiger charge is -2.44. The van der Waals surface area contributed by atoms with Crippen LogP contribution in [0.3, 0.4) is 0 Å². The van der Waals surface area contributed by atoms with Crippen LogP contribution >= 0.6 is 0 Å². The number of rotatable bonds is 2. The number of nitrogens with two attached hydrogens (primary N) is 1. The molecular formula is C13H20N2. The molecule has 2 N–H and O–H groups in total. The molecule has 1 aliphatic heterocycles. The third kappa shape index (κ3) is 1.94. The highest BCUT2D eigenvalue weighted by atomic mass is 15.2. The molecule has 1 aromatic rings. The average Bonchev–Trinajstić information content (AvgIpc) is 2.08. The molecule has 0 spiro atoms. The van der Waals surface area contributed by atoms with E-state index in [0.717, 1.165) is 17.5 Å². The highest BCUT2D eigenvalue weighted by Crippen LogP contribution is 2.32. The van der Waals surface area contributed by atoms with Crippen LogP contribution in [0, 0.1) is 18.8 Å². The van der Waals surface area contributed by atoms with Gasteiger partial charge in [-0.3, -0.25) is 0 Å². The first kappa shape index (κ1) is 10.3. The van der Waals surface area contributed by atoms with Crippen LogP contribution in [0.1, 0.15) is 19.4 Å². The summed E-state index contributed by atoms with van der Waals surface area (Å²) in [6.45, 7) is 9.11. The van der Waals surface area contributed by atoms with Gasteiger partial charge >= 0.3 is 0 Å². The zero-order valence-corrected chi connectivity index (χ0v) is 9.83. The van der Waals surface area contributed by atoms with Crippen LogP contribution in [-0.4, -0.2) is 13.1 Å². The molecule has 0 amide bonds. The second-order valence-electron chi connectivity index (χ2n) is 4.96. The average molecular weight is 204 g/mol. The second kappa shape index (κ2) is 3.76. The molecule has 0 saturated carbocycles. The molecule has 1 aliphatic rings. The normalized spacial score (nSPS) is 16.9. The van der Waals surface area contributed by atoms with E-state index in [2.05, 4.69) is 37.8 Å². The lowest BCUT2D eigenvalue weighted by atomic mass is 9.87. The van der Waals surface area contributed by atoms with Crippen molar-refractivity contribution in [1.82, 2.24) is 0 Å². The fourth-order valence-corrected chi connectivity index (χ4v) is 2.10. The van der Waals surface area contributed by atoms with Gasteiger partial charge in [-0.15, -0.1) is 0 Å². The van der Waals surface area contributed by atoms with E-state index in [0.29, 0.717) is 0 Å². The van der Waals surface area contributed by atoms with Gasteiger partial charge in [-0.25, -0.2) is 0 Å². The largest absolute Gasteiger partial charge is 0.399 e. The van der Waals surface area contributed by atoms with Crippen LogP contribution in [0.15, 0.2) is 18.2 Å². The quantitative estimate of drug-likeness (QED) is 0.750. The van der Waals surface area contributed by atoms with Crippen molar-refractivity contribution in [3.63, 3.8) is 0 Å². The van der Waals surface area contributed by atoms with Gasteiger partial charge in [0.15, 0.2) is 0 Å². The van der Waals surface area contributed by atoms with Crippen molar-refractivity contribution in [3.8, 4) is 0 Å². The predicted molar refractivity (Wildman–Crippen MR) is 66.1 cm³/mol. The molecule has 0 atom stereocenters. The number of nitrogen functional groups attached to an aromatic ring is 1. The van der Waals surface area contributed by atoms with Gasteiger partial charge < -0.3 is 10.6 Å². The van der Waals surface area contributed by atoms with Gasteiger partial charge in [-0.2, -0.15) is 0 Å². The Bertz CT molecular complexity index is 352. The lowest BCUT2D eigenvalue weighted by Crippen LogP contribution is -2.49. The maximum absolute atomic E-state index is 5.81. The zero-order chi connectivity index (χ0) is 11.0. The predicted octanol–water partition coefficient (Wildman–Crippen LogP) is 2.67. The first-order valence-electron chi connectivity index (χ1n) is 5.69. The first-order chi connectivity index (χ1) is 7.08. The summed E-state index contributed by atoms with van der Waals surface area (Å²) in [6.07, 6.45) is 0. The summed E-state index contributed by atoms with van der Waals surface area (Å²) in [4.78, 5) is 2.43. The van der Waals surface area contributed by atoms with Gasteiger partial charge in [0.25, 0.3) is 0 Å². The molecular weight excluding hydrogens is 184 g/mol. The van der Waals surface area contributed by atoms with E-state index in [1.54, 1.807) is 0 Å². The zero-order valence-electron chi connectivity index (χ0n) is 9.83. The minimum absolute atomic E-state index is 0.794. The minimum Gasteiger partial charge on any atom is -0.399 e. The Labute approximate surface area is 92.1 Å². The Hall–Kier alpha value is -1.18. The number of nitrogens with zero attached hydrogens (tertiary/aromatic N) is 1. The molecule has 0 radical (unpaired) electrons. The van der Waals surface area contributed by atoms with Crippen molar-refractivity contribution in [2.45, 2.75) is 20.8 Å². The van der Waals surface area contributed by atoms with Crippen LogP contribution in [0.2, 0.25) is 0 Å². The maximum Gasteiger partial charge on any atom is 0.0416 e. The number of hydrogen-bond acceptors (Lipinski definition) is 2. The standard InChI is InChI=1S/C13H20N2/c1-9(2)11-7-15(8-11)13-6-12(14)5-4-10(13)3/h4-6,9,11H,7-8,14H2,1-3H3. The summed E-state index contributed by atoms with van der Waals surface area (Å²) in [7, 11) is 0. The second-order valence-corrected chi connectivity index (χ2v) is 4.96. The number of anilines is 2. The molecule has 0 aromatic heterocycles. The van der Waals surface area contributed by atoms with Gasteiger partial charge in [0.2, 0.25) is 0 Å². The number of aryl methyl sites for hydroxylation is 1. The fraction of sp³-hybridized carbons (Fsp3) is 0.538. The Kier molecular flexibility index (Phi) is 2.59. The van der Waals surface area contributed by atoms with E-state index in [1.807, 2.05) is 6.07 Å². The Morgan fingerprint density at radius 1 is 1.33 bits per heavy atom. The monoisotopic (exact) mass is 204 g/mol. The van der Waals surface area contributed by atoms with Crippen molar-refractivity contribution >= 4 is 11.4 Å². The van der Waals surface area contributed by atoms with Crippen LogP contribution in [0.4, 0.5) is 11.4 Å². The first-order valence-corrected chi connectivity index (χ1v) is 5.69. The van der Waals surface area contributed by atoms with Crippen LogP contribution < -0.4 is 10.6 Å². The molecule has 1 heterocycles. The SMILES string of the molecule is Cc1ccc(N)cc1N1CC(C(C)C)C1. The molecule has 1 saturated heterocycles. The molecule has 0 aliphatic carbocycles. The van der Waals surface area contributed by atoms with Crippen LogP contribution in [0.25, 0.3) is 0 Å². The van der Waals surface area contributed by atoms with Gasteiger partial charge in [0.1, 0.15) is 0 Å². The summed E-state index contributed by atoms with van der Waals surface area (Å²) in [5.74, 6) is 1.65. The van der Waals surface area contributed by atoms with Crippen molar-refractivity contribution in [1.29, 1.82) is 0 Å². The molecule has 2 heteroatoms. The van der Waals surface area contributed by atoms with Crippen molar-refractivity contribution in [3.05, 3.63) is 23.8 Å². The Morgan fingerprint density at radius 2 is 2.00 bits per heavy atom.